The Kier molecular flexibility index (Phi) is 7.09. The van der Waals surface area contributed by atoms with Crippen molar-refractivity contribution < 1.29 is 17.9 Å². The van der Waals surface area contributed by atoms with E-state index in [9.17, 15) is 13.2 Å². The Balaban J connectivity index is 1.58. The Labute approximate surface area is 168 Å². The number of benzene rings is 1. The van der Waals surface area contributed by atoms with Gasteiger partial charge in [-0.3, -0.25) is 9.69 Å². The monoisotopic (exact) mass is 409 g/mol. The van der Waals surface area contributed by atoms with Crippen molar-refractivity contribution in [2.75, 3.05) is 38.0 Å². The maximum atomic E-state index is 12.8. The van der Waals surface area contributed by atoms with E-state index in [0.29, 0.717) is 25.3 Å². The van der Waals surface area contributed by atoms with E-state index < -0.39 is 10.0 Å². The van der Waals surface area contributed by atoms with E-state index in [0.717, 1.165) is 38.8 Å². The van der Waals surface area contributed by atoms with Crippen LogP contribution in [-0.2, 0) is 19.6 Å². The summed E-state index contributed by atoms with van der Waals surface area (Å²) in [6.07, 6.45) is 4.20. The second kappa shape index (κ2) is 9.35. The Hall–Kier alpha value is -1.48. The molecule has 2 fully saturated rings. The van der Waals surface area contributed by atoms with Crippen LogP contribution in [0.2, 0.25) is 0 Å². The van der Waals surface area contributed by atoms with E-state index in [-0.39, 0.29) is 23.0 Å². The van der Waals surface area contributed by atoms with Gasteiger partial charge in [0.1, 0.15) is 0 Å². The molecule has 0 unspecified atom stereocenters. The van der Waals surface area contributed by atoms with Crippen LogP contribution in [0.3, 0.4) is 0 Å². The minimum absolute atomic E-state index is 0.107. The van der Waals surface area contributed by atoms with Crippen LogP contribution in [0.1, 0.15) is 39.5 Å². The first-order chi connectivity index (χ1) is 13.3. The number of amides is 1. The topological polar surface area (TPSA) is 79.0 Å². The van der Waals surface area contributed by atoms with Gasteiger partial charge in [-0.15, -0.1) is 0 Å². The largest absolute Gasteiger partial charge is 0.373 e. The molecular formula is C20H31N3O4S. The summed E-state index contributed by atoms with van der Waals surface area (Å²) >= 11 is 0. The SMILES string of the molecule is C[C@@H]1CN(CC(=O)Nc2ccc(S(=O)(=O)N3CCCCCC3)cc2)C[C@H](C)O1. The number of anilines is 1. The number of morpholine rings is 1. The highest BCUT2D eigenvalue weighted by molar-refractivity contribution is 7.89. The minimum atomic E-state index is -3.47. The Morgan fingerprint density at radius 1 is 1.04 bits per heavy atom. The summed E-state index contributed by atoms with van der Waals surface area (Å²) in [5, 5.41) is 2.86. The number of carbonyl (C=O) groups is 1. The smallest absolute Gasteiger partial charge is 0.243 e. The number of sulfonamides is 1. The normalized spacial score (nSPS) is 25.2. The number of rotatable bonds is 5. The highest BCUT2D eigenvalue weighted by Crippen LogP contribution is 2.22. The second-order valence-electron chi connectivity index (χ2n) is 7.84. The zero-order valence-electron chi connectivity index (χ0n) is 16.8. The summed E-state index contributed by atoms with van der Waals surface area (Å²) in [7, 11) is -3.47. The van der Waals surface area contributed by atoms with Crippen molar-refractivity contribution in [3.05, 3.63) is 24.3 Å². The summed E-state index contributed by atoms with van der Waals surface area (Å²) < 4.78 is 32.9. The fraction of sp³-hybridized carbons (Fsp3) is 0.650. The van der Waals surface area contributed by atoms with Gasteiger partial charge >= 0.3 is 0 Å². The van der Waals surface area contributed by atoms with E-state index in [1.54, 1.807) is 28.6 Å². The number of carbonyl (C=O) groups excluding carboxylic acids is 1. The molecule has 0 radical (unpaired) electrons. The van der Waals surface area contributed by atoms with Crippen LogP contribution < -0.4 is 5.32 Å². The number of nitrogens with one attached hydrogen (secondary N) is 1. The molecule has 3 rings (SSSR count). The van der Waals surface area contributed by atoms with Crippen molar-refractivity contribution in [2.45, 2.75) is 56.6 Å². The molecule has 1 N–H and O–H groups in total. The van der Waals surface area contributed by atoms with Gasteiger partial charge in [-0.25, -0.2) is 8.42 Å². The Morgan fingerprint density at radius 3 is 2.18 bits per heavy atom. The fourth-order valence-electron chi connectivity index (χ4n) is 3.96. The number of ether oxygens (including phenoxy) is 1. The molecule has 8 heteroatoms. The van der Waals surface area contributed by atoms with Gasteiger partial charge in [0.25, 0.3) is 0 Å². The summed E-state index contributed by atoms with van der Waals surface area (Å²) in [6.45, 7) is 6.92. The summed E-state index contributed by atoms with van der Waals surface area (Å²) in [5.41, 5.74) is 0.606. The quantitative estimate of drug-likeness (QED) is 0.807. The second-order valence-corrected chi connectivity index (χ2v) is 9.78. The average molecular weight is 410 g/mol. The number of hydrogen-bond donors (Lipinski definition) is 1. The lowest BCUT2D eigenvalue weighted by Crippen LogP contribution is -2.48. The van der Waals surface area contributed by atoms with Gasteiger partial charge in [0.05, 0.1) is 23.6 Å². The van der Waals surface area contributed by atoms with E-state index >= 15 is 0 Å². The van der Waals surface area contributed by atoms with Crippen LogP contribution in [0.5, 0.6) is 0 Å². The van der Waals surface area contributed by atoms with Crippen molar-refractivity contribution in [3.8, 4) is 0 Å². The molecule has 0 aromatic heterocycles. The Morgan fingerprint density at radius 2 is 1.61 bits per heavy atom. The van der Waals surface area contributed by atoms with Gasteiger partial charge in [0, 0.05) is 31.9 Å². The van der Waals surface area contributed by atoms with Crippen molar-refractivity contribution in [1.82, 2.24) is 9.21 Å². The molecule has 2 atom stereocenters. The molecule has 1 amide bonds. The lowest BCUT2D eigenvalue weighted by atomic mass is 10.2. The van der Waals surface area contributed by atoms with Gasteiger partial charge in [-0.1, -0.05) is 12.8 Å². The van der Waals surface area contributed by atoms with Crippen molar-refractivity contribution in [1.29, 1.82) is 0 Å². The first kappa shape index (κ1) is 21.2. The maximum Gasteiger partial charge on any atom is 0.243 e. The fourth-order valence-corrected chi connectivity index (χ4v) is 5.48. The third kappa shape index (κ3) is 5.53. The van der Waals surface area contributed by atoms with Gasteiger partial charge in [0.2, 0.25) is 15.9 Å². The molecule has 1 aromatic rings. The average Bonchev–Trinajstić information content (AvgIpc) is 2.91. The number of nitrogens with zero attached hydrogens (tertiary/aromatic N) is 2. The molecule has 0 spiro atoms. The summed E-state index contributed by atoms with van der Waals surface area (Å²) in [6, 6.07) is 6.48. The third-order valence-electron chi connectivity index (χ3n) is 5.20. The third-order valence-corrected chi connectivity index (χ3v) is 7.12. The van der Waals surface area contributed by atoms with Crippen molar-refractivity contribution in [3.63, 3.8) is 0 Å². The van der Waals surface area contributed by atoms with E-state index in [1.807, 2.05) is 13.8 Å². The molecule has 2 aliphatic rings. The Bertz CT molecular complexity index is 748. The summed E-state index contributed by atoms with van der Waals surface area (Å²) in [4.78, 5) is 14.7. The van der Waals surface area contributed by atoms with E-state index in [4.69, 9.17) is 4.74 Å². The van der Waals surface area contributed by atoms with Crippen molar-refractivity contribution in [2.24, 2.45) is 0 Å². The van der Waals surface area contributed by atoms with Gasteiger partial charge in [-0.2, -0.15) is 4.31 Å². The van der Waals surface area contributed by atoms with E-state index in [1.165, 1.54) is 0 Å². The molecule has 1 aromatic carbocycles. The van der Waals surface area contributed by atoms with Crippen LogP contribution in [0.15, 0.2) is 29.2 Å². The molecule has 156 valence electrons. The minimum Gasteiger partial charge on any atom is -0.373 e. The van der Waals surface area contributed by atoms with E-state index in [2.05, 4.69) is 10.2 Å². The molecule has 2 saturated heterocycles. The first-order valence-corrected chi connectivity index (χ1v) is 11.6. The highest BCUT2D eigenvalue weighted by atomic mass is 32.2. The highest BCUT2D eigenvalue weighted by Gasteiger charge is 2.26. The van der Waals surface area contributed by atoms with Crippen LogP contribution in [0, 0.1) is 0 Å². The zero-order chi connectivity index (χ0) is 20.1. The van der Waals surface area contributed by atoms with Crippen LogP contribution in [0.4, 0.5) is 5.69 Å². The predicted octanol–water partition coefficient (Wildman–Crippen LogP) is 2.30. The van der Waals surface area contributed by atoms with Crippen LogP contribution >= 0.6 is 0 Å². The van der Waals surface area contributed by atoms with Crippen molar-refractivity contribution >= 4 is 21.6 Å². The zero-order valence-corrected chi connectivity index (χ0v) is 17.6. The lowest BCUT2D eigenvalue weighted by molar-refractivity contribution is -0.121. The van der Waals surface area contributed by atoms with Gasteiger partial charge in [-0.05, 0) is 51.0 Å². The predicted molar refractivity (Wildman–Crippen MR) is 109 cm³/mol. The lowest BCUT2D eigenvalue weighted by Gasteiger charge is -2.34. The molecule has 7 nitrogen and oxygen atoms in total. The molecule has 28 heavy (non-hydrogen) atoms. The molecule has 2 aliphatic heterocycles. The molecule has 0 bridgehead atoms. The standard InChI is InChI=1S/C20H31N3O4S/c1-16-13-22(14-17(2)27-16)15-20(24)21-18-7-9-19(10-8-18)28(25,26)23-11-5-3-4-6-12-23/h7-10,16-17H,3-6,11-15H2,1-2H3,(H,21,24)/t16-,17+. The van der Waals surface area contributed by atoms with Crippen LogP contribution in [-0.4, -0.2) is 68.5 Å². The molecule has 2 heterocycles. The number of hydrogen-bond acceptors (Lipinski definition) is 5. The molecule has 0 aliphatic carbocycles. The maximum absolute atomic E-state index is 12.8. The van der Waals surface area contributed by atoms with Crippen LogP contribution in [0.25, 0.3) is 0 Å². The van der Waals surface area contributed by atoms with Gasteiger partial charge in [0.15, 0.2) is 0 Å². The van der Waals surface area contributed by atoms with Gasteiger partial charge < -0.3 is 10.1 Å². The molecule has 0 saturated carbocycles. The molecular weight excluding hydrogens is 378 g/mol. The first-order valence-electron chi connectivity index (χ1n) is 10.1. The summed E-state index contributed by atoms with van der Waals surface area (Å²) in [5.74, 6) is -0.107.